The number of amides is 2. The van der Waals surface area contributed by atoms with Gasteiger partial charge in [0.25, 0.3) is 5.91 Å². The van der Waals surface area contributed by atoms with E-state index in [4.69, 9.17) is 5.73 Å². The number of likely N-dealkylation sites (N-methyl/N-ethyl adjacent to an activating group) is 1. The molecular weight excluding hydrogens is 582 g/mol. The molecule has 0 unspecified atom stereocenters. The lowest BCUT2D eigenvalue weighted by molar-refractivity contribution is -0.153. The van der Waals surface area contributed by atoms with E-state index in [1.165, 1.54) is 4.90 Å². The van der Waals surface area contributed by atoms with Gasteiger partial charge in [-0.1, -0.05) is 13.8 Å². The van der Waals surface area contributed by atoms with Crippen molar-refractivity contribution in [2.75, 3.05) is 58.0 Å². The van der Waals surface area contributed by atoms with E-state index >= 15 is 0 Å². The summed E-state index contributed by atoms with van der Waals surface area (Å²) in [6.07, 6.45) is 1.17. The van der Waals surface area contributed by atoms with Crippen LogP contribution in [0.4, 0.5) is 11.4 Å². The first kappa shape index (κ1) is 32.5. The zero-order valence-corrected chi connectivity index (χ0v) is 26.5. The second-order valence-electron chi connectivity index (χ2n) is 13.6. The lowest BCUT2D eigenvalue weighted by atomic mass is 9.57. The third-order valence-electron chi connectivity index (χ3n) is 9.79. The molecule has 1 saturated heterocycles. The molecule has 1 aromatic rings. The van der Waals surface area contributed by atoms with Crippen molar-refractivity contribution in [3.05, 3.63) is 34.1 Å². The van der Waals surface area contributed by atoms with E-state index in [1.807, 2.05) is 0 Å². The second-order valence-corrected chi connectivity index (χ2v) is 13.6. The Kier molecular flexibility index (Phi) is 8.26. The number of phenols is 1. The monoisotopic (exact) mass is 625 g/mol. The van der Waals surface area contributed by atoms with Crippen LogP contribution in [0.2, 0.25) is 0 Å². The van der Waals surface area contributed by atoms with E-state index in [0.29, 0.717) is 30.3 Å². The summed E-state index contributed by atoms with van der Waals surface area (Å²) < 4.78 is 0. The molecule has 0 bridgehead atoms. The lowest BCUT2D eigenvalue weighted by Gasteiger charge is -2.50. The van der Waals surface area contributed by atoms with Crippen LogP contribution in [0.25, 0.3) is 5.76 Å². The van der Waals surface area contributed by atoms with Gasteiger partial charge in [0, 0.05) is 44.4 Å². The number of fused-ring (bicyclic) bond motifs is 3. The highest BCUT2D eigenvalue weighted by molar-refractivity contribution is 6.24. The van der Waals surface area contributed by atoms with Crippen LogP contribution >= 0.6 is 0 Å². The van der Waals surface area contributed by atoms with Gasteiger partial charge in [-0.15, -0.1) is 0 Å². The number of carbonyl (C=O) groups is 4. The topological polar surface area (TPSA) is 197 Å². The highest BCUT2D eigenvalue weighted by atomic mass is 16.3. The van der Waals surface area contributed by atoms with Gasteiger partial charge in [-0.25, -0.2) is 0 Å². The minimum absolute atomic E-state index is 0.00707. The number of aliphatic hydroxyl groups excluding tert-OH is 2. The predicted molar refractivity (Wildman–Crippen MR) is 167 cm³/mol. The molecule has 0 radical (unpaired) electrons. The number of benzene rings is 1. The quantitative estimate of drug-likeness (QED) is 0.178. The van der Waals surface area contributed by atoms with Crippen LogP contribution in [0.15, 0.2) is 23.0 Å². The smallest absolute Gasteiger partial charge is 0.255 e. The third-order valence-corrected chi connectivity index (χ3v) is 9.79. The van der Waals surface area contributed by atoms with E-state index in [1.54, 1.807) is 39.2 Å². The van der Waals surface area contributed by atoms with E-state index in [2.05, 4.69) is 24.1 Å². The summed E-state index contributed by atoms with van der Waals surface area (Å²) in [5.41, 5.74) is 2.66. The summed E-state index contributed by atoms with van der Waals surface area (Å²) in [5, 5.41) is 48.8. The number of hydrogen-bond donors (Lipinski definition) is 6. The molecule has 1 heterocycles. The van der Waals surface area contributed by atoms with Gasteiger partial charge in [0.1, 0.15) is 22.8 Å². The molecule has 1 saturated carbocycles. The van der Waals surface area contributed by atoms with Gasteiger partial charge >= 0.3 is 0 Å². The highest BCUT2D eigenvalue weighted by Gasteiger charge is 2.64. The van der Waals surface area contributed by atoms with Gasteiger partial charge in [0.15, 0.2) is 11.4 Å². The number of likely N-dealkylation sites (tertiary alicyclic amines) is 1. The summed E-state index contributed by atoms with van der Waals surface area (Å²) in [6.45, 7) is 6.38. The third kappa shape index (κ3) is 5.06. The molecule has 13 nitrogen and oxygen atoms in total. The first-order valence-electron chi connectivity index (χ1n) is 15.2. The molecule has 3 aliphatic carbocycles. The number of aliphatic hydroxyl groups is 3. The molecular formula is C32H43N5O8. The van der Waals surface area contributed by atoms with Gasteiger partial charge < -0.3 is 41.3 Å². The number of nitrogens with one attached hydrogen (secondary N) is 1. The normalized spacial score (nSPS) is 26.9. The first-order chi connectivity index (χ1) is 21.0. The average molecular weight is 626 g/mol. The average Bonchev–Trinajstić information content (AvgIpc) is 2.90. The van der Waals surface area contributed by atoms with Crippen molar-refractivity contribution in [3.63, 3.8) is 0 Å². The highest BCUT2D eigenvalue weighted by Crippen LogP contribution is 2.54. The van der Waals surface area contributed by atoms with Crippen LogP contribution < -0.4 is 16.0 Å². The maximum absolute atomic E-state index is 14.1. The molecule has 2 amide bonds. The van der Waals surface area contributed by atoms with E-state index in [0.717, 1.165) is 13.0 Å². The van der Waals surface area contributed by atoms with Gasteiger partial charge in [-0.3, -0.25) is 24.1 Å². The number of anilines is 2. The number of carbonyl (C=O) groups excluding carboxylic acids is 4. The SMILES string of the molecule is CC(C)CCN1CC(C(=O)Nc2cc(N(C)C)c3c(c2O)C(O)=C2C(=O)[C@]4(O)C(O)=C(C(N)=O)C(=O)[C@@H](N(C)C)[C@@H]4C[C@@H]2C3)C1. The summed E-state index contributed by atoms with van der Waals surface area (Å²) in [7, 11) is 6.65. The van der Waals surface area contributed by atoms with Crippen LogP contribution in [-0.2, 0) is 25.6 Å². The zero-order chi connectivity index (χ0) is 33.3. The Balaban J connectivity index is 1.56. The molecule has 5 rings (SSSR count). The molecule has 7 N–H and O–H groups in total. The summed E-state index contributed by atoms with van der Waals surface area (Å²) >= 11 is 0. The summed E-state index contributed by atoms with van der Waals surface area (Å²) in [6, 6.07) is 0.468. The number of nitrogens with two attached hydrogens (primary N) is 1. The van der Waals surface area contributed by atoms with Crippen LogP contribution in [-0.4, -0.2) is 113 Å². The number of ketones is 2. The largest absolute Gasteiger partial charge is 0.508 e. The fourth-order valence-corrected chi connectivity index (χ4v) is 7.38. The molecule has 2 fully saturated rings. The molecule has 45 heavy (non-hydrogen) atoms. The minimum Gasteiger partial charge on any atom is -0.508 e. The fourth-order valence-electron chi connectivity index (χ4n) is 7.38. The number of hydrogen-bond acceptors (Lipinski definition) is 11. The van der Waals surface area contributed by atoms with Crippen molar-refractivity contribution in [3.8, 4) is 5.75 Å². The molecule has 0 spiro atoms. The predicted octanol–water partition coefficient (Wildman–Crippen LogP) is 0.946. The Morgan fingerprint density at radius 3 is 2.33 bits per heavy atom. The van der Waals surface area contributed by atoms with Crippen LogP contribution in [0, 0.1) is 23.7 Å². The Hall–Kier alpha value is -3.94. The number of aromatic hydroxyl groups is 1. The minimum atomic E-state index is -2.72. The standard InChI is InChI=1S/C32H43N5O8/c1-14(2)7-8-37-12-16(13-37)31(44)34-19-11-20(35(3)4)17-9-15-10-18-24(36(5)6)27(40)23(30(33)43)29(42)32(18,45)28(41)21(15)26(39)22(17)25(19)38/h11,14-16,18,24,38-39,42,45H,7-10,12-13H2,1-6H3,(H2,33,43)(H,34,44)/t15-,18-,24-,32-/m0/s1. The van der Waals surface area contributed by atoms with Crippen molar-refractivity contribution >= 4 is 40.5 Å². The first-order valence-corrected chi connectivity index (χ1v) is 15.2. The number of nitrogens with zero attached hydrogens (tertiary/aromatic N) is 3. The van der Waals surface area contributed by atoms with E-state index < -0.39 is 63.8 Å². The lowest BCUT2D eigenvalue weighted by Crippen LogP contribution is -2.65. The molecule has 4 atom stereocenters. The van der Waals surface area contributed by atoms with Crippen LogP contribution in [0.3, 0.4) is 0 Å². The van der Waals surface area contributed by atoms with E-state index in [9.17, 15) is 39.6 Å². The Morgan fingerprint density at radius 2 is 1.78 bits per heavy atom. The second kappa shape index (κ2) is 11.5. The van der Waals surface area contributed by atoms with Gasteiger partial charge in [0.05, 0.1) is 23.2 Å². The van der Waals surface area contributed by atoms with Crippen molar-refractivity contribution in [2.24, 2.45) is 29.4 Å². The Labute approximate surface area is 262 Å². The molecule has 1 aromatic carbocycles. The van der Waals surface area contributed by atoms with Crippen molar-refractivity contribution in [1.82, 2.24) is 9.80 Å². The molecule has 0 aromatic heterocycles. The van der Waals surface area contributed by atoms with Crippen molar-refractivity contribution < 1.29 is 39.6 Å². The molecule has 4 aliphatic rings. The molecule has 1 aliphatic heterocycles. The summed E-state index contributed by atoms with van der Waals surface area (Å²) in [5.74, 6) is -7.21. The Morgan fingerprint density at radius 1 is 1.13 bits per heavy atom. The van der Waals surface area contributed by atoms with Crippen LogP contribution in [0.5, 0.6) is 5.75 Å². The van der Waals surface area contributed by atoms with Gasteiger partial charge in [0.2, 0.25) is 11.7 Å². The fraction of sp³-hybridized carbons (Fsp3) is 0.562. The van der Waals surface area contributed by atoms with E-state index in [-0.39, 0.29) is 41.5 Å². The van der Waals surface area contributed by atoms with Crippen molar-refractivity contribution in [1.29, 1.82) is 0 Å². The number of primary amides is 1. The Bertz CT molecular complexity index is 1540. The zero-order valence-electron chi connectivity index (χ0n) is 26.5. The van der Waals surface area contributed by atoms with Gasteiger partial charge in [-0.2, -0.15) is 0 Å². The molecule has 244 valence electrons. The van der Waals surface area contributed by atoms with Crippen LogP contribution in [0.1, 0.15) is 37.8 Å². The van der Waals surface area contributed by atoms with Crippen molar-refractivity contribution in [2.45, 2.75) is 44.8 Å². The number of Topliss-reactive ketones (excluding diaryl/α,β-unsaturated/α-hetero) is 2. The maximum Gasteiger partial charge on any atom is 0.255 e. The van der Waals surface area contributed by atoms with Gasteiger partial charge in [-0.05, 0) is 63.4 Å². The number of phenolic OH excluding ortho intramolecular Hbond substituents is 1. The number of rotatable bonds is 8. The maximum atomic E-state index is 14.1. The molecule has 13 heteroatoms. The summed E-state index contributed by atoms with van der Waals surface area (Å²) in [4.78, 5) is 58.2.